The summed E-state index contributed by atoms with van der Waals surface area (Å²) in [4.78, 5) is 23.3. The van der Waals surface area contributed by atoms with Gasteiger partial charge in [-0.2, -0.15) is 8.42 Å². The summed E-state index contributed by atoms with van der Waals surface area (Å²) in [5.41, 5.74) is -4.84. The average Bonchev–Trinajstić information content (AvgIpc) is 2.85. The molecule has 25 heavy (non-hydrogen) atoms. The number of hydrogen-bond donors (Lipinski definition) is 2. The Morgan fingerprint density at radius 3 is 2.68 bits per heavy atom. The van der Waals surface area contributed by atoms with E-state index in [0.29, 0.717) is 0 Å². The second-order valence-corrected chi connectivity index (χ2v) is 8.58. The lowest BCUT2D eigenvalue weighted by Crippen LogP contribution is -2.58. The van der Waals surface area contributed by atoms with Crippen LogP contribution in [0.4, 0.5) is 0 Å². The SMILES string of the molecule is C=C(C)C(=O)OCC(=O)OC1C2(CO)CC3C4(O2)C(OS3(=O)=O)C14O. The maximum Gasteiger partial charge on any atom is 0.344 e. The van der Waals surface area contributed by atoms with Crippen LogP contribution in [0.5, 0.6) is 0 Å². The van der Waals surface area contributed by atoms with E-state index < -0.39 is 69.5 Å². The van der Waals surface area contributed by atoms with Gasteiger partial charge in [0.25, 0.3) is 10.1 Å². The summed E-state index contributed by atoms with van der Waals surface area (Å²) in [6.45, 7) is 3.40. The molecule has 0 aromatic carbocycles. The minimum Gasteiger partial charge on any atom is -0.453 e. The third-order valence-electron chi connectivity index (χ3n) is 5.36. The van der Waals surface area contributed by atoms with Crippen molar-refractivity contribution in [3.63, 3.8) is 0 Å². The van der Waals surface area contributed by atoms with E-state index in [2.05, 4.69) is 11.3 Å². The molecule has 0 radical (unpaired) electrons. The van der Waals surface area contributed by atoms with Gasteiger partial charge in [0.2, 0.25) is 0 Å². The molecule has 0 amide bonds. The number of fused-ring (bicyclic) bond motifs is 2. The largest absolute Gasteiger partial charge is 0.453 e. The Labute approximate surface area is 142 Å². The number of aliphatic hydroxyl groups is 2. The number of hydrogen-bond acceptors (Lipinski definition) is 10. The van der Waals surface area contributed by atoms with Gasteiger partial charge < -0.3 is 24.4 Å². The second-order valence-electron chi connectivity index (χ2n) is 6.83. The molecule has 138 valence electrons. The smallest absolute Gasteiger partial charge is 0.344 e. The highest BCUT2D eigenvalue weighted by Gasteiger charge is 3.02. The fourth-order valence-electron chi connectivity index (χ4n) is 4.27. The predicted octanol–water partition coefficient (Wildman–Crippen LogP) is -2.24. The summed E-state index contributed by atoms with van der Waals surface area (Å²) in [5, 5.41) is 19.4. The van der Waals surface area contributed by atoms with Gasteiger partial charge in [-0.05, 0) is 6.92 Å². The van der Waals surface area contributed by atoms with E-state index in [-0.39, 0.29) is 12.0 Å². The first-order valence-electron chi connectivity index (χ1n) is 7.53. The molecule has 2 N–H and O–H groups in total. The molecule has 6 unspecified atom stereocenters. The number of esters is 2. The van der Waals surface area contributed by atoms with Crippen LogP contribution in [0, 0.1) is 0 Å². The molecule has 0 aromatic rings. The fraction of sp³-hybridized carbons (Fsp3) is 0.714. The van der Waals surface area contributed by atoms with Gasteiger partial charge in [-0.3, -0.25) is 4.18 Å². The molecule has 3 aliphatic heterocycles. The van der Waals surface area contributed by atoms with Crippen LogP contribution < -0.4 is 0 Å². The summed E-state index contributed by atoms with van der Waals surface area (Å²) in [6.07, 6.45) is -2.69. The van der Waals surface area contributed by atoms with Crippen LogP contribution in [-0.4, -0.2) is 78.0 Å². The number of aliphatic hydroxyl groups excluding tert-OH is 1. The lowest BCUT2D eigenvalue weighted by Gasteiger charge is -2.37. The van der Waals surface area contributed by atoms with Crippen LogP contribution in [0.3, 0.4) is 0 Å². The zero-order valence-electron chi connectivity index (χ0n) is 13.1. The lowest BCUT2D eigenvalue weighted by atomic mass is 9.83. The first kappa shape index (κ1) is 16.9. The molecule has 3 saturated heterocycles. The van der Waals surface area contributed by atoms with Crippen molar-refractivity contribution in [3.05, 3.63) is 12.2 Å². The Balaban J connectivity index is 1.54. The van der Waals surface area contributed by atoms with Gasteiger partial charge in [-0.1, -0.05) is 6.58 Å². The van der Waals surface area contributed by atoms with Crippen molar-refractivity contribution in [3.8, 4) is 0 Å². The minimum absolute atomic E-state index is 0.0959. The average molecular weight is 376 g/mol. The van der Waals surface area contributed by atoms with Gasteiger partial charge >= 0.3 is 11.9 Å². The van der Waals surface area contributed by atoms with Gasteiger partial charge in [0.15, 0.2) is 23.9 Å². The van der Waals surface area contributed by atoms with Gasteiger partial charge in [-0.25, -0.2) is 9.59 Å². The monoisotopic (exact) mass is 376 g/mol. The maximum atomic E-state index is 12.0. The summed E-state index contributed by atoms with van der Waals surface area (Å²) in [7, 11) is -3.92. The molecule has 4 fully saturated rings. The number of rotatable bonds is 5. The molecule has 0 aromatic heterocycles. The molecule has 11 heteroatoms. The normalized spacial score (nSPS) is 47.2. The summed E-state index contributed by atoms with van der Waals surface area (Å²) < 4.78 is 44.3. The van der Waals surface area contributed by atoms with Crippen molar-refractivity contribution in [2.24, 2.45) is 0 Å². The van der Waals surface area contributed by atoms with E-state index >= 15 is 0 Å². The first-order chi connectivity index (χ1) is 11.5. The number of carbonyl (C=O) groups is 2. The lowest BCUT2D eigenvalue weighted by molar-refractivity contribution is -0.186. The number of ether oxygens (including phenoxy) is 3. The molecule has 3 heterocycles. The maximum absolute atomic E-state index is 12.0. The molecule has 1 spiro atoms. The van der Waals surface area contributed by atoms with Crippen molar-refractivity contribution >= 4 is 22.1 Å². The Kier molecular flexibility index (Phi) is 3.11. The van der Waals surface area contributed by atoms with E-state index in [1.54, 1.807) is 0 Å². The van der Waals surface area contributed by atoms with Crippen molar-refractivity contribution in [2.75, 3.05) is 13.2 Å². The van der Waals surface area contributed by atoms with Gasteiger partial charge in [0.05, 0.1) is 6.61 Å². The molecule has 6 atom stereocenters. The van der Waals surface area contributed by atoms with Crippen LogP contribution >= 0.6 is 0 Å². The zero-order chi connectivity index (χ0) is 18.4. The summed E-state index contributed by atoms with van der Waals surface area (Å²) >= 11 is 0. The molecule has 1 saturated carbocycles. The molecule has 10 nitrogen and oxygen atoms in total. The minimum atomic E-state index is -3.92. The molecule has 4 rings (SSSR count). The third kappa shape index (κ3) is 1.74. The van der Waals surface area contributed by atoms with E-state index in [0.717, 1.165) is 0 Å². The Hall–Kier alpha value is -1.53. The molecule has 4 aliphatic rings. The Morgan fingerprint density at radius 2 is 2.08 bits per heavy atom. The van der Waals surface area contributed by atoms with Crippen LogP contribution in [0.2, 0.25) is 0 Å². The third-order valence-corrected chi connectivity index (χ3v) is 7.03. The topological polar surface area (TPSA) is 146 Å². The molecular weight excluding hydrogens is 360 g/mol. The predicted molar refractivity (Wildman–Crippen MR) is 76.4 cm³/mol. The zero-order valence-corrected chi connectivity index (χ0v) is 13.9. The Bertz CT molecular complexity index is 802. The van der Waals surface area contributed by atoms with Crippen LogP contribution in [0.1, 0.15) is 13.3 Å². The molecule has 1 aliphatic carbocycles. The van der Waals surface area contributed by atoms with Crippen molar-refractivity contribution < 1.29 is 46.6 Å². The molecular formula is C14H16O10S. The highest BCUT2D eigenvalue weighted by Crippen LogP contribution is 2.77. The summed E-state index contributed by atoms with van der Waals surface area (Å²) in [5.74, 6) is -1.76. The highest BCUT2D eigenvalue weighted by atomic mass is 32.2. The fourth-order valence-corrected chi connectivity index (χ4v) is 6.24. The molecule has 2 bridgehead atoms. The van der Waals surface area contributed by atoms with Gasteiger partial charge in [0, 0.05) is 12.0 Å². The first-order valence-corrected chi connectivity index (χ1v) is 9.00. The van der Waals surface area contributed by atoms with E-state index in [4.69, 9.17) is 13.7 Å². The van der Waals surface area contributed by atoms with E-state index in [9.17, 15) is 28.2 Å². The summed E-state index contributed by atoms with van der Waals surface area (Å²) in [6, 6.07) is 0. The van der Waals surface area contributed by atoms with E-state index in [1.165, 1.54) is 6.92 Å². The van der Waals surface area contributed by atoms with Crippen molar-refractivity contribution in [1.82, 2.24) is 0 Å². The standard InChI is InChI=1S/C14H16O10S/c1-6(2)9(17)21-4-8(16)22-10-12(5-15)3-7-14(24-12)11(13(10,14)18)23-25(7,19)20/h7,10-11,15,18H,1,3-5H2,2H3. The number of carbonyl (C=O) groups excluding carboxylic acids is 2. The van der Waals surface area contributed by atoms with Gasteiger partial charge in [-0.15, -0.1) is 0 Å². The second kappa shape index (κ2) is 4.60. The Morgan fingerprint density at radius 1 is 1.40 bits per heavy atom. The van der Waals surface area contributed by atoms with Crippen LogP contribution in [0.15, 0.2) is 12.2 Å². The van der Waals surface area contributed by atoms with Gasteiger partial charge in [0.1, 0.15) is 17.0 Å². The highest BCUT2D eigenvalue weighted by molar-refractivity contribution is 7.87. The van der Waals surface area contributed by atoms with E-state index in [1.807, 2.05) is 0 Å². The van der Waals surface area contributed by atoms with Crippen LogP contribution in [-0.2, 0) is 38.1 Å². The van der Waals surface area contributed by atoms with Crippen molar-refractivity contribution in [2.45, 2.75) is 47.6 Å². The van der Waals surface area contributed by atoms with Crippen molar-refractivity contribution in [1.29, 1.82) is 0 Å². The quantitative estimate of drug-likeness (QED) is 0.307. The van der Waals surface area contributed by atoms with Crippen LogP contribution in [0.25, 0.3) is 0 Å².